The number of benzene rings is 1. The molecule has 142 valence electrons. The van der Waals surface area contributed by atoms with Crippen LogP contribution in [-0.2, 0) is 15.0 Å². The van der Waals surface area contributed by atoms with Crippen LogP contribution in [0.4, 0.5) is 4.39 Å². The normalized spacial score (nSPS) is 22.9. The minimum absolute atomic E-state index is 0.00165. The third kappa shape index (κ3) is 4.23. The summed E-state index contributed by atoms with van der Waals surface area (Å²) in [7, 11) is 0. The van der Waals surface area contributed by atoms with Crippen molar-refractivity contribution in [2.75, 3.05) is 26.2 Å². The van der Waals surface area contributed by atoms with E-state index >= 15 is 0 Å². The predicted molar refractivity (Wildman–Crippen MR) is 97.9 cm³/mol. The number of amides is 2. The van der Waals surface area contributed by atoms with E-state index in [1.807, 2.05) is 17.0 Å². The van der Waals surface area contributed by atoms with Gasteiger partial charge in [-0.05, 0) is 43.9 Å². The Labute approximate surface area is 154 Å². The minimum atomic E-state index is -0.365. The van der Waals surface area contributed by atoms with Gasteiger partial charge in [0.2, 0.25) is 11.8 Å². The van der Waals surface area contributed by atoms with E-state index in [0.29, 0.717) is 13.1 Å². The fourth-order valence-corrected chi connectivity index (χ4v) is 4.52. The second-order valence-electron chi connectivity index (χ2n) is 7.73. The van der Waals surface area contributed by atoms with Gasteiger partial charge in [0.05, 0.1) is 12.5 Å². The molecule has 1 heterocycles. The number of halogens is 1. The zero-order chi connectivity index (χ0) is 18.6. The number of carbonyl (C=O) groups excluding carboxylic acids is 2. The fraction of sp³-hybridized carbons (Fsp3) is 0.600. The van der Waals surface area contributed by atoms with Crippen molar-refractivity contribution in [3.63, 3.8) is 0 Å². The zero-order valence-corrected chi connectivity index (χ0v) is 15.2. The van der Waals surface area contributed by atoms with Gasteiger partial charge in [0.25, 0.3) is 0 Å². The lowest BCUT2D eigenvalue weighted by atomic mass is 9.78. The molecule has 0 radical (unpaired) electrons. The highest BCUT2D eigenvalue weighted by molar-refractivity contribution is 5.79. The van der Waals surface area contributed by atoms with Gasteiger partial charge in [-0.3, -0.25) is 14.5 Å². The number of carbonyl (C=O) groups is 2. The standard InChI is InChI=1S/C20H28FN3O2/c21-17-8-2-1-7-16(17)20(9-3-4-10-20)14-23-19(26)15-6-5-11-24(12-15)13-18(22)25/h1-2,7-8,15H,3-6,9-14H2,(H2,22,25)(H,23,26). The van der Waals surface area contributed by atoms with Gasteiger partial charge in [0, 0.05) is 18.5 Å². The van der Waals surface area contributed by atoms with Crippen molar-refractivity contribution in [1.82, 2.24) is 10.2 Å². The number of nitrogens with two attached hydrogens (primary N) is 1. The van der Waals surface area contributed by atoms with Crippen LogP contribution in [0.5, 0.6) is 0 Å². The van der Waals surface area contributed by atoms with Crippen LogP contribution < -0.4 is 11.1 Å². The SMILES string of the molecule is NC(=O)CN1CCCC(C(=O)NCC2(c3ccccc3F)CCCC2)C1. The molecule has 1 atom stereocenters. The van der Waals surface area contributed by atoms with Crippen molar-refractivity contribution < 1.29 is 14.0 Å². The van der Waals surface area contributed by atoms with Crippen LogP contribution in [0.25, 0.3) is 0 Å². The first-order valence-corrected chi connectivity index (χ1v) is 9.53. The first kappa shape index (κ1) is 18.8. The number of rotatable bonds is 6. The van der Waals surface area contributed by atoms with Gasteiger partial charge in [-0.15, -0.1) is 0 Å². The van der Waals surface area contributed by atoms with Gasteiger partial charge in [0.15, 0.2) is 0 Å². The van der Waals surface area contributed by atoms with E-state index in [0.717, 1.165) is 50.6 Å². The number of nitrogens with zero attached hydrogens (tertiary/aromatic N) is 1. The van der Waals surface area contributed by atoms with E-state index in [1.165, 1.54) is 6.07 Å². The van der Waals surface area contributed by atoms with Crippen LogP contribution in [0.15, 0.2) is 24.3 Å². The number of likely N-dealkylation sites (tertiary alicyclic amines) is 1. The monoisotopic (exact) mass is 361 g/mol. The average Bonchev–Trinajstić information content (AvgIpc) is 3.09. The highest BCUT2D eigenvalue weighted by Gasteiger charge is 2.38. The number of hydrogen-bond donors (Lipinski definition) is 2. The van der Waals surface area contributed by atoms with Crippen molar-refractivity contribution in [2.24, 2.45) is 11.7 Å². The smallest absolute Gasteiger partial charge is 0.231 e. The molecule has 2 aliphatic rings. The average molecular weight is 361 g/mol. The summed E-state index contributed by atoms with van der Waals surface area (Å²) in [4.78, 5) is 25.8. The summed E-state index contributed by atoms with van der Waals surface area (Å²) >= 11 is 0. The van der Waals surface area contributed by atoms with Crippen LogP contribution >= 0.6 is 0 Å². The second-order valence-corrected chi connectivity index (χ2v) is 7.73. The molecule has 1 aliphatic carbocycles. The Hall–Kier alpha value is -1.95. The summed E-state index contributed by atoms with van der Waals surface area (Å²) < 4.78 is 14.4. The fourth-order valence-electron chi connectivity index (χ4n) is 4.52. The third-order valence-electron chi connectivity index (χ3n) is 5.86. The van der Waals surface area contributed by atoms with Crippen molar-refractivity contribution in [3.05, 3.63) is 35.6 Å². The molecule has 3 N–H and O–H groups in total. The molecular weight excluding hydrogens is 333 g/mol. The van der Waals surface area contributed by atoms with Crippen LogP contribution in [-0.4, -0.2) is 42.9 Å². The Morgan fingerprint density at radius 2 is 1.96 bits per heavy atom. The van der Waals surface area contributed by atoms with E-state index in [9.17, 15) is 14.0 Å². The topological polar surface area (TPSA) is 75.4 Å². The Morgan fingerprint density at radius 1 is 1.23 bits per heavy atom. The first-order chi connectivity index (χ1) is 12.5. The van der Waals surface area contributed by atoms with E-state index in [-0.39, 0.29) is 35.5 Å². The van der Waals surface area contributed by atoms with E-state index < -0.39 is 0 Å². The molecule has 2 fully saturated rings. The van der Waals surface area contributed by atoms with Crippen LogP contribution in [0.3, 0.4) is 0 Å². The maximum atomic E-state index is 14.4. The van der Waals surface area contributed by atoms with Gasteiger partial charge >= 0.3 is 0 Å². The number of piperidine rings is 1. The maximum absolute atomic E-state index is 14.4. The minimum Gasteiger partial charge on any atom is -0.369 e. The summed E-state index contributed by atoms with van der Waals surface area (Å²) in [5, 5.41) is 3.09. The molecule has 1 unspecified atom stereocenters. The maximum Gasteiger partial charge on any atom is 0.231 e. The Balaban J connectivity index is 1.63. The molecule has 1 aromatic rings. The van der Waals surface area contributed by atoms with E-state index in [2.05, 4.69) is 5.32 Å². The first-order valence-electron chi connectivity index (χ1n) is 9.53. The van der Waals surface area contributed by atoms with Crippen molar-refractivity contribution >= 4 is 11.8 Å². The van der Waals surface area contributed by atoms with E-state index in [4.69, 9.17) is 5.73 Å². The molecule has 6 heteroatoms. The Morgan fingerprint density at radius 3 is 2.65 bits per heavy atom. The molecule has 5 nitrogen and oxygen atoms in total. The largest absolute Gasteiger partial charge is 0.369 e. The van der Waals surface area contributed by atoms with Gasteiger partial charge in [-0.25, -0.2) is 4.39 Å². The van der Waals surface area contributed by atoms with Crippen LogP contribution in [0.2, 0.25) is 0 Å². The predicted octanol–water partition coefficient (Wildman–Crippen LogP) is 1.95. The molecule has 0 bridgehead atoms. The van der Waals surface area contributed by atoms with Gasteiger partial charge < -0.3 is 11.1 Å². The number of hydrogen-bond acceptors (Lipinski definition) is 3. The number of nitrogens with one attached hydrogen (secondary N) is 1. The van der Waals surface area contributed by atoms with Crippen molar-refractivity contribution in [2.45, 2.75) is 43.9 Å². The highest BCUT2D eigenvalue weighted by atomic mass is 19.1. The van der Waals surface area contributed by atoms with Gasteiger partial charge in [0.1, 0.15) is 5.82 Å². The molecule has 0 spiro atoms. The molecule has 2 amide bonds. The molecule has 1 aromatic carbocycles. The second kappa shape index (κ2) is 8.16. The summed E-state index contributed by atoms with van der Waals surface area (Å²) in [6.45, 7) is 2.02. The van der Waals surface area contributed by atoms with Crippen molar-refractivity contribution in [1.29, 1.82) is 0 Å². The Kier molecular flexibility index (Phi) is 5.91. The third-order valence-corrected chi connectivity index (χ3v) is 5.86. The Bertz CT molecular complexity index is 658. The lowest BCUT2D eigenvalue weighted by Gasteiger charge is -2.34. The summed E-state index contributed by atoms with van der Waals surface area (Å²) in [5.41, 5.74) is 5.68. The quantitative estimate of drug-likeness (QED) is 0.813. The van der Waals surface area contributed by atoms with Crippen molar-refractivity contribution in [3.8, 4) is 0 Å². The zero-order valence-electron chi connectivity index (χ0n) is 15.2. The van der Waals surface area contributed by atoms with Gasteiger partial charge in [-0.2, -0.15) is 0 Å². The molecular formula is C20H28FN3O2. The molecule has 0 aromatic heterocycles. The van der Waals surface area contributed by atoms with Crippen LogP contribution in [0, 0.1) is 11.7 Å². The molecule has 26 heavy (non-hydrogen) atoms. The lowest BCUT2D eigenvalue weighted by Crippen LogP contribution is -2.48. The van der Waals surface area contributed by atoms with Gasteiger partial charge in [-0.1, -0.05) is 31.0 Å². The molecule has 1 aliphatic heterocycles. The molecule has 3 rings (SSSR count). The van der Waals surface area contributed by atoms with E-state index in [1.54, 1.807) is 6.07 Å². The molecule has 1 saturated heterocycles. The number of primary amides is 1. The van der Waals surface area contributed by atoms with Crippen LogP contribution in [0.1, 0.15) is 44.1 Å². The summed E-state index contributed by atoms with van der Waals surface area (Å²) in [6.07, 6.45) is 5.59. The molecule has 1 saturated carbocycles. The summed E-state index contributed by atoms with van der Waals surface area (Å²) in [6, 6.07) is 6.92. The lowest BCUT2D eigenvalue weighted by molar-refractivity contribution is -0.128. The highest BCUT2D eigenvalue weighted by Crippen LogP contribution is 2.41. The summed E-state index contributed by atoms with van der Waals surface area (Å²) in [5.74, 6) is -0.687.